The Hall–Kier alpha value is -3.28. The van der Waals surface area contributed by atoms with Gasteiger partial charge in [-0.2, -0.15) is 0 Å². The van der Waals surface area contributed by atoms with Gasteiger partial charge < -0.3 is 18.9 Å². The second-order valence-electron chi connectivity index (χ2n) is 6.11. The van der Waals surface area contributed by atoms with Gasteiger partial charge in [-0.1, -0.05) is 12.1 Å². The number of benzene rings is 2. The molecule has 1 aliphatic rings. The maximum Gasteiger partial charge on any atom is 0.347 e. The highest BCUT2D eigenvalue weighted by atomic mass is 16.6. The van der Waals surface area contributed by atoms with Gasteiger partial charge in [-0.25, -0.2) is 4.79 Å². The number of hydrogen-bond donors (Lipinski definition) is 0. The zero-order chi connectivity index (χ0) is 20.1. The molecule has 0 amide bonds. The fourth-order valence-corrected chi connectivity index (χ4v) is 2.73. The number of Topliss-reactive ketones (excluding diaryl/α,β-unsaturated/α-hetero) is 1. The van der Waals surface area contributed by atoms with Crippen LogP contribution in [0, 0.1) is 0 Å². The van der Waals surface area contributed by atoms with Crippen molar-refractivity contribution in [3.63, 3.8) is 0 Å². The van der Waals surface area contributed by atoms with Crippen LogP contribution >= 0.6 is 0 Å². The molecule has 1 unspecified atom stereocenters. The standard InChI is InChI=1S/C22H22O6/c1-4-25-16-8-6-15(7-9-16)12-20-21(23)18-11-10-17(13-19(18)28-20)27-14(3)22(24)26-5-2/h6-14H,4-5H2,1-3H3/b20-12-. The molecule has 0 saturated carbocycles. The number of carbonyl (C=O) groups excluding carboxylic acids is 2. The quantitative estimate of drug-likeness (QED) is 0.532. The first-order valence-corrected chi connectivity index (χ1v) is 9.16. The molecule has 0 saturated heterocycles. The van der Waals surface area contributed by atoms with E-state index in [-0.39, 0.29) is 18.1 Å². The van der Waals surface area contributed by atoms with Crippen molar-refractivity contribution in [1.82, 2.24) is 0 Å². The predicted octanol–water partition coefficient (Wildman–Crippen LogP) is 4.03. The molecule has 0 aliphatic carbocycles. The summed E-state index contributed by atoms with van der Waals surface area (Å²) in [6.45, 7) is 6.14. The van der Waals surface area contributed by atoms with Gasteiger partial charge in [-0.05, 0) is 56.7 Å². The maximum absolute atomic E-state index is 12.6. The molecule has 6 nitrogen and oxygen atoms in total. The first kappa shape index (κ1) is 19.5. The van der Waals surface area contributed by atoms with Crippen LogP contribution in [0.4, 0.5) is 0 Å². The Morgan fingerprint density at radius 1 is 1.07 bits per heavy atom. The van der Waals surface area contributed by atoms with Crippen molar-refractivity contribution in [2.24, 2.45) is 0 Å². The van der Waals surface area contributed by atoms with Crippen molar-refractivity contribution >= 4 is 17.8 Å². The zero-order valence-electron chi connectivity index (χ0n) is 16.1. The van der Waals surface area contributed by atoms with Gasteiger partial charge in [0.25, 0.3) is 0 Å². The second-order valence-corrected chi connectivity index (χ2v) is 6.11. The van der Waals surface area contributed by atoms with E-state index in [1.165, 1.54) is 0 Å². The van der Waals surface area contributed by atoms with Crippen molar-refractivity contribution in [1.29, 1.82) is 0 Å². The summed E-state index contributed by atoms with van der Waals surface area (Å²) in [6.07, 6.45) is 0.925. The average molecular weight is 382 g/mol. The van der Waals surface area contributed by atoms with E-state index in [0.29, 0.717) is 23.7 Å². The van der Waals surface area contributed by atoms with Crippen molar-refractivity contribution in [2.45, 2.75) is 26.9 Å². The van der Waals surface area contributed by atoms with E-state index >= 15 is 0 Å². The van der Waals surface area contributed by atoms with Gasteiger partial charge in [-0.3, -0.25) is 4.79 Å². The number of carbonyl (C=O) groups is 2. The lowest BCUT2D eigenvalue weighted by Gasteiger charge is -2.13. The third kappa shape index (κ3) is 4.34. The average Bonchev–Trinajstić information content (AvgIpc) is 2.98. The van der Waals surface area contributed by atoms with Gasteiger partial charge in [-0.15, -0.1) is 0 Å². The van der Waals surface area contributed by atoms with Crippen molar-refractivity contribution < 1.29 is 28.5 Å². The van der Waals surface area contributed by atoms with Crippen LogP contribution in [-0.4, -0.2) is 31.1 Å². The molecule has 2 aromatic rings. The van der Waals surface area contributed by atoms with E-state index in [1.54, 1.807) is 38.1 Å². The van der Waals surface area contributed by atoms with Crippen molar-refractivity contribution in [3.05, 3.63) is 59.4 Å². The lowest BCUT2D eigenvalue weighted by Crippen LogP contribution is -2.26. The Balaban J connectivity index is 1.74. The van der Waals surface area contributed by atoms with Crippen LogP contribution in [0.5, 0.6) is 17.2 Å². The molecule has 0 radical (unpaired) electrons. The Morgan fingerprint density at radius 2 is 1.79 bits per heavy atom. The number of allylic oxidation sites excluding steroid dienone is 1. The smallest absolute Gasteiger partial charge is 0.347 e. The molecule has 1 atom stereocenters. The van der Waals surface area contributed by atoms with Crippen molar-refractivity contribution in [2.75, 3.05) is 13.2 Å². The molecule has 0 bridgehead atoms. The minimum atomic E-state index is -0.756. The highest BCUT2D eigenvalue weighted by Gasteiger charge is 2.28. The lowest BCUT2D eigenvalue weighted by molar-refractivity contribution is -0.150. The molecule has 1 heterocycles. The SMILES string of the molecule is CCOC(=O)C(C)Oc1ccc2c(c1)O/C(=C\c1ccc(OCC)cc1)C2=O. The van der Waals surface area contributed by atoms with Crippen LogP contribution in [0.1, 0.15) is 36.7 Å². The number of fused-ring (bicyclic) bond motifs is 1. The highest BCUT2D eigenvalue weighted by Crippen LogP contribution is 2.35. The fraction of sp³-hybridized carbons (Fsp3) is 0.273. The van der Waals surface area contributed by atoms with Crippen LogP contribution in [-0.2, 0) is 9.53 Å². The number of rotatable bonds is 7. The third-order valence-electron chi connectivity index (χ3n) is 4.06. The summed E-state index contributed by atoms with van der Waals surface area (Å²) in [5, 5.41) is 0. The summed E-state index contributed by atoms with van der Waals surface area (Å²) in [4.78, 5) is 24.3. The number of ether oxygens (including phenoxy) is 4. The van der Waals surface area contributed by atoms with Crippen LogP contribution in [0.15, 0.2) is 48.2 Å². The Labute approximate surface area is 163 Å². The fourth-order valence-electron chi connectivity index (χ4n) is 2.73. The molecule has 146 valence electrons. The van der Waals surface area contributed by atoms with Crippen molar-refractivity contribution in [3.8, 4) is 17.2 Å². The van der Waals surface area contributed by atoms with Gasteiger partial charge in [0, 0.05) is 6.07 Å². The minimum Gasteiger partial charge on any atom is -0.494 e. The van der Waals surface area contributed by atoms with E-state index in [1.807, 2.05) is 31.2 Å². The largest absolute Gasteiger partial charge is 0.494 e. The number of ketones is 1. The third-order valence-corrected chi connectivity index (χ3v) is 4.06. The molecular weight excluding hydrogens is 360 g/mol. The Bertz CT molecular complexity index is 898. The summed E-state index contributed by atoms with van der Waals surface area (Å²) in [7, 11) is 0. The van der Waals surface area contributed by atoms with Gasteiger partial charge in [0.1, 0.15) is 17.2 Å². The molecule has 6 heteroatoms. The number of esters is 1. The second kappa shape index (κ2) is 8.61. The molecule has 1 aliphatic heterocycles. The summed E-state index contributed by atoms with van der Waals surface area (Å²) in [5.41, 5.74) is 1.28. The maximum atomic E-state index is 12.6. The highest BCUT2D eigenvalue weighted by molar-refractivity contribution is 6.14. The normalized spacial score (nSPS) is 15.0. The number of hydrogen-bond acceptors (Lipinski definition) is 6. The molecule has 28 heavy (non-hydrogen) atoms. The molecule has 0 N–H and O–H groups in total. The molecule has 2 aromatic carbocycles. The first-order valence-electron chi connectivity index (χ1n) is 9.16. The summed E-state index contributed by atoms with van der Waals surface area (Å²) >= 11 is 0. The lowest BCUT2D eigenvalue weighted by atomic mass is 10.1. The van der Waals surface area contributed by atoms with E-state index in [4.69, 9.17) is 18.9 Å². The Morgan fingerprint density at radius 3 is 2.46 bits per heavy atom. The van der Waals surface area contributed by atoms with Gasteiger partial charge in [0.15, 0.2) is 11.9 Å². The van der Waals surface area contributed by atoms with E-state index in [2.05, 4.69) is 0 Å². The van der Waals surface area contributed by atoms with E-state index in [0.717, 1.165) is 11.3 Å². The van der Waals surface area contributed by atoms with Gasteiger partial charge in [0.05, 0.1) is 18.8 Å². The topological polar surface area (TPSA) is 71.1 Å². The Kier molecular flexibility index (Phi) is 5.99. The summed E-state index contributed by atoms with van der Waals surface area (Å²) < 4.78 is 21.6. The monoisotopic (exact) mass is 382 g/mol. The molecule has 0 fully saturated rings. The zero-order valence-corrected chi connectivity index (χ0v) is 16.1. The molecular formula is C22H22O6. The predicted molar refractivity (Wildman–Crippen MR) is 104 cm³/mol. The van der Waals surface area contributed by atoms with Gasteiger partial charge >= 0.3 is 5.97 Å². The molecule has 3 rings (SSSR count). The van der Waals surface area contributed by atoms with Crippen LogP contribution in [0.3, 0.4) is 0 Å². The van der Waals surface area contributed by atoms with Crippen LogP contribution < -0.4 is 14.2 Å². The minimum absolute atomic E-state index is 0.200. The van der Waals surface area contributed by atoms with E-state index in [9.17, 15) is 9.59 Å². The van der Waals surface area contributed by atoms with E-state index < -0.39 is 12.1 Å². The summed E-state index contributed by atoms with van der Waals surface area (Å²) in [6, 6.07) is 12.2. The molecule has 0 aromatic heterocycles. The summed E-state index contributed by atoms with van der Waals surface area (Å²) in [5.74, 6) is 1.17. The first-order chi connectivity index (χ1) is 13.5. The molecule has 0 spiro atoms. The van der Waals surface area contributed by atoms with Gasteiger partial charge in [0.2, 0.25) is 5.78 Å². The van der Waals surface area contributed by atoms with Crippen LogP contribution in [0.2, 0.25) is 0 Å². The van der Waals surface area contributed by atoms with Crippen LogP contribution in [0.25, 0.3) is 6.08 Å².